The standard InChI is InChI=1S/C14H20N2O3/c1-2-8-19-13-5-3-12(4-6-13)10-16-7-9-18-11-14(15)17/h2-6,16H,1,7-11H2,(H2,15,17). The summed E-state index contributed by atoms with van der Waals surface area (Å²) in [6.07, 6.45) is 1.71. The summed E-state index contributed by atoms with van der Waals surface area (Å²) in [6.45, 7) is 5.94. The number of primary amides is 1. The smallest absolute Gasteiger partial charge is 0.243 e. The normalized spacial score (nSPS) is 10.1. The molecule has 0 aliphatic rings. The van der Waals surface area contributed by atoms with Crippen LogP contribution in [-0.4, -0.2) is 32.3 Å². The van der Waals surface area contributed by atoms with E-state index in [0.29, 0.717) is 19.8 Å². The van der Waals surface area contributed by atoms with Gasteiger partial charge in [-0.3, -0.25) is 4.79 Å². The van der Waals surface area contributed by atoms with Crippen molar-refractivity contribution in [3.8, 4) is 5.75 Å². The summed E-state index contributed by atoms with van der Waals surface area (Å²) in [5, 5.41) is 3.20. The van der Waals surface area contributed by atoms with Gasteiger partial charge >= 0.3 is 0 Å². The van der Waals surface area contributed by atoms with Gasteiger partial charge in [-0.1, -0.05) is 24.8 Å². The molecule has 0 fully saturated rings. The zero-order valence-electron chi connectivity index (χ0n) is 10.9. The number of nitrogens with one attached hydrogen (secondary N) is 1. The number of carbonyl (C=O) groups is 1. The van der Waals surface area contributed by atoms with E-state index in [0.717, 1.165) is 17.9 Å². The van der Waals surface area contributed by atoms with Crippen molar-refractivity contribution in [3.63, 3.8) is 0 Å². The maximum Gasteiger partial charge on any atom is 0.243 e. The fourth-order valence-electron chi connectivity index (χ4n) is 1.41. The molecule has 1 rings (SSSR count). The van der Waals surface area contributed by atoms with Crippen molar-refractivity contribution < 1.29 is 14.3 Å². The molecule has 0 radical (unpaired) electrons. The van der Waals surface area contributed by atoms with Gasteiger partial charge in [-0.25, -0.2) is 0 Å². The van der Waals surface area contributed by atoms with Crippen LogP contribution in [0.25, 0.3) is 0 Å². The van der Waals surface area contributed by atoms with Crippen molar-refractivity contribution >= 4 is 5.91 Å². The zero-order valence-corrected chi connectivity index (χ0v) is 10.9. The summed E-state index contributed by atoms with van der Waals surface area (Å²) in [5.74, 6) is 0.378. The minimum atomic E-state index is -0.449. The molecule has 1 aromatic rings. The molecule has 0 saturated carbocycles. The van der Waals surface area contributed by atoms with Crippen LogP contribution in [0.15, 0.2) is 36.9 Å². The lowest BCUT2D eigenvalue weighted by Crippen LogP contribution is -2.23. The molecule has 1 amide bonds. The van der Waals surface area contributed by atoms with Gasteiger partial charge in [-0.05, 0) is 17.7 Å². The molecule has 0 atom stereocenters. The largest absolute Gasteiger partial charge is 0.490 e. The van der Waals surface area contributed by atoms with Crippen molar-refractivity contribution in [1.29, 1.82) is 0 Å². The van der Waals surface area contributed by atoms with Crippen LogP contribution in [0.4, 0.5) is 0 Å². The Morgan fingerprint density at radius 1 is 1.37 bits per heavy atom. The van der Waals surface area contributed by atoms with E-state index >= 15 is 0 Å². The number of ether oxygens (including phenoxy) is 2. The topological polar surface area (TPSA) is 73.6 Å². The maximum atomic E-state index is 10.4. The monoisotopic (exact) mass is 264 g/mol. The highest BCUT2D eigenvalue weighted by molar-refractivity contribution is 5.74. The van der Waals surface area contributed by atoms with E-state index in [1.165, 1.54) is 0 Å². The summed E-state index contributed by atoms with van der Waals surface area (Å²) in [4.78, 5) is 10.4. The first-order valence-electron chi connectivity index (χ1n) is 6.12. The molecule has 5 nitrogen and oxygen atoms in total. The summed E-state index contributed by atoms with van der Waals surface area (Å²) >= 11 is 0. The first kappa shape index (κ1) is 15.2. The number of benzene rings is 1. The van der Waals surface area contributed by atoms with Crippen molar-refractivity contribution in [2.75, 3.05) is 26.4 Å². The minimum Gasteiger partial charge on any atom is -0.490 e. The second-order valence-electron chi connectivity index (χ2n) is 3.94. The highest BCUT2D eigenvalue weighted by atomic mass is 16.5. The number of nitrogens with two attached hydrogens (primary N) is 1. The Morgan fingerprint density at radius 2 is 2.11 bits per heavy atom. The lowest BCUT2D eigenvalue weighted by molar-refractivity contribution is -0.122. The SMILES string of the molecule is C=CCOc1ccc(CNCCOCC(N)=O)cc1. The molecule has 0 saturated heterocycles. The highest BCUT2D eigenvalue weighted by Gasteiger charge is 1.96. The van der Waals surface area contributed by atoms with Crippen LogP contribution in [0.5, 0.6) is 5.75 Å². The third-order valence-electron chi connectivity index (χ3n) is 2.29. The fraction of sp³-hybridized carbons (Fsp3) is 0.357. The van der Waals surface area contributed by atoms with E-state index in [1.807, 2.05) is 24.3 Å². The molecule has 0 aromatic heterocycles. The van der Waals surface area contributed by atoms with Crippen LogP contribution in [-0.2, 0) is 16.1 Å². The van der Waals surface area contributed by atoms with Crippen molar-refractivity contribution in [2.45, 2.75) is 6.54 Å². The average Bonchev–Trinajstić information content (AvgIpc) is 2.41. The van der Waals surface area contributed by atoms with Crippen LogP contribution >= 0.6 is 0 Å². The lowest BCUT2D eigenvalue weighted by atomic mass is 10.2. The van der Waals surface area contributed by atoms with E-state index in [9.17, 15) is 4.79 Å². The fourth-order valence-corrected chi connectivity index (χ4v) is 1.41. The number of hydrogen-bond donors (Lipinski definition) is 2. The Labute approximate surface area is 113 Å². The van der Waals surface area contributed by atoms with Crippen molar-refractivity contribution in [2.24, 2.45) is 5.73 Å². The molecule has 0 bridgehead atoms. The number of amides is 1. The predicted octanol–water partition coefficient (Wildman–Crippen LogP) is 0.843. The van der Waals surface area contributed by atoms with E-state index in [-0.39, 0.29) is 6.61 Å². The van der Waals surface area contributed by atoms with Crippen LogP contribution in [0, 0.1) is 0 Å². The minimum absolute atomic E-state index is 0.0307. The Bertz CT molecular complexity index is 390. The van der Waals surface area contributed by atoms with Crippen LogP contribution in [0.3, 0.4) is 0 Å². The summed E-state index contributed by atoms with van der Waals surface area (Å²) in [7, 11) is 0. The number of rotatable bonds is 10. The van der Waals surface area contributed by atoms with Crippen LogP contribution in [0.1, 0.15) is 5.56 Å². The van der Waals surface area contributed by atoms with Gasteiger partial charge in [0.25, 0.3) is 0 Å². The summed E-state index contributed by atoms with van der Waals surface area (Å²) in [6, 6.07) is 7.83. The molecular formula is C14H20N2O3. The Balaban J connectivity index is 2.15. The molecule has 0 aliphatic heterocycles. The Kier molecular flexibility index (Phi) is 7.31. The number of hydrogen-bond acceptors (Lipinski definition) is 4. The molecule has 3 N–H and O–H groups in total. The van der Waals surface area contributed by atoms with Gasteiger partial charge in [0, 0.05) is 13.1 Å². The number of carbonyl (C=O) groups excluding carboxylic acids is 1. The van der Waals surface area contributed by atoms with E-state index < -0.39 is 5.91 Å². The Hall–Kier alpha value is -1.85. The van der Waals surface area contributed by atoms with Gasteiger partial charge in [-0.2, -0.15) is 0 Å². The van der Waals surface area contributed by atoms with E-state index in [2.05, 4.69) is 11.9 Å². The molecule has 104 valence electrons. The van der Waals surface area contributed by atoms with E-state index in [4.69, 9.17) is 15.2 Å². The Morgan fingerprint density at radius 3 is 2.74 bits per heavy atom. The molecule has 0 aliphatic carbocycles. The second kappa shape index (κ2) is 9.13. The molecule has 0 unspecified atom stereocenters. The summed E-state index contributed by atoms with van der Waals surface area (Å²) < 4.78 is 10.4. The summed E-state index contributed by atoms with van der Waals surface area (Å²) in [5.41, 5.74) is 6.10. The lowest BCUT2D eigenvalue weighted by Gasteiger charge is -2.07. The molecule has 5 heteroatoms. The van der Waals surface area contributed by atoms with Crippen LogP contribution in [0.2, 0.25) is 0 Å². The highest BCUT2D eigenvalue weighted by Crippen LogP contribution is 2.11. The van der Waals surface area contributed by atoms with Gasteiger partial charge < -0.3 is 20.5 Å². The second-order valence-corrected chi connectivity index (χ2v) is 3.94. The van der Waals surface area contributed by atoms with Gasteiger partial charge in [-0.15, -0.1) is 0 Å². The van der Waals surface area contributed by atoms with Gasteiger partial charge in [0.1, 0.15) is 19.0 Å². The molecule has 1 aromatic carbocycles. The molecule has 0 heterocycles. The third kappa shape index (κ3) is 7.23. The van der Waals surface area contributed by atoms with Crippen LogP contribution < -0.4 is 15.8 Å². The molecule has 19 heavy (non-hydrogen) atoms. The maximum absolute atomic E-state index is 10.4. The van der Waals surface area contributed by atoms with Gasteiger partial charge in [0.05, 0.1) is 6.61 Å². The van der Waals surface area contributed by atoms with Crippen molar-refractivity contribution in [3.05, 3.63) is 42.5 Å². The third-order valence-corrected chi connectivity index (χ3v) is 2.29. The quantitative estimate of drug-likeness (QED) is 0.485. The molecule has 0 spiro atoms. The predicted molar refractivity (Wildman–Crippen MR) is 73.9 cm³/mol. The molecular weight excluding hydrogens is 244 g/mol. The van der Waals surface area contributed by atoms with Crippen molar-refractivity contribution in [1.82, 2.24) is 5.32 Å². The first-order valence-corrected chi connectivity index (χ1v) is 6.12. The average molecular weight is 264 g/mol. The van der Waals surface area contributed by atoms with Gasteiger partial charge in [0.15, 0.2) is 0 Å². The zero-order chi connectivity index (χ0) is 13.9. The van der Waals surface area contributed by atoms with Gasteiger partial charge in [0.2, 0.25) is 5.91 Å². The van der Waals surface area contributed by atoms with E-state index in [1.54, 1.807) is 6.08 Å². The first-order chi connectivity index (χ1) is 9.22.